The van der Waals surface area contributed by atoms with E-state index in [0.29, 0.717) is 12.4 Å². The van der Waals surface area contributed by atoms with Crippen molar-refractivity contribution in [2.24, 2.45) is 5.73 Å². The summed E-state index contributed by atoms with van der Waals surface area (Å²) in [5.74, 6) is 0.703. The van der Waals surface area contributed by atoms with Gasteiger partial charge in [0.1, 0.15) is 5.75 Å². The second-order valence-electron chi connectivity index (χ2n) is 4.86. The van der Waals surface area contributed by atoms with Crippen molar-refractivity contribution in [3.63, 3.8) is 0 Å². The zero-order chi connectivity index (χ0) is 14.0. The molecule has 0 spiro atoms. The highest BCUT2D eigenvalue weighted by Crippen LogP contribution is 2.31. The van der Waals surface area contributed by atoms with Gasteiger partial charge in [-0.3, -0.25) is 0 Å². The molecule has 0 aliphatic carbocycles. The van der Waals surface area contributed by atoms with Gasteiger partial charge in [-0.25, -0.2) is 8.42 Å². The number of sulfone groups is 1. The summed E-state index contributed by atoms with van der Waals surface area (Å²) in [6.07, 6.45) is 1.21. The highest BCUT2D eigenvalue weighted by Gasteiger charge is 2.37. The Hall–Kier alpha value is -1.07. The van der Waals surface area contributed by atoms with Gasteiger partial charge in [-0.1, -0.05) is 12.1 Å². The summed E-state index contributed by atoms with van der Waals surface area (Å²) >= 11 is 0. The van der Waals surface area contributed by atoms with Crippen molar-refractivity contribution in [1.82, 2.24) is 0 Å². The Morgan fingerprint density at radius 2 is 2.00 bits per heavy atom. The van der Waals surface area contributed by atoms with Crippen molar-refractivity contribution < 1.29 is 13.2 Å². The van der Waals surface area contributed by atoms with Crippen LogP contribution in [0, 0.1) is 0 Å². The minimum absolute atomic E-state index is 0.564. The Labute approximate surface area is 109 Å². The number of ether oxygens (including phenoxy) is 1. The van der Waals surface area contributed by atoms with E-state index in [1.54, 1.807) is 19.9 Å². The average molecular weight is 271 g/mol. The van der Waals surface area contributed by atoms with Crippen LogP contribution in [0.2, 0.25) is 0 Å². The van der Waals surface area contributed by atoms with Gasteiger partial charge >= 0.3 is 0 Å². The summed E-state index contributed by atoms with van der Waals surface area (Å²) in [7, 11) is -3.24. The summed E-state index contributed by atoms with van der Waals surface area (Å²) in [4.78, 5) is 0. The van der Waals surface area contributed by atoms with Crippen LogP contribution in [0.1, 0.15) is 32.4 Å². The van der Waals surface area contributed by atoms with Crippen molar-refractivity contribution in [1.29, 1.82) is 0 Å². The maximum absolute atomic E-state index is 11.8. The maximum Gasteiger partial charge on any atom is 0.154 e. The molecule has 1 aromatic carbocycles. The van der Waals surface area contributed by atoms with E-state index in [-0.39, 0.29) is 0 Å². The summed E-state index contributed by atoms with van der Waals surface area (Å²) in [6, 6.07) is 6.67. The lowest BCUT2D eigenvalue weighted by atomic mass is 9.96. The molecule has 1 aromatic rings. The molecule has 2 N–H and O–H groups in total. The molecule has 1 atom stereocenters. The van der Waals surface area contributed by atoms with Crippen molar-refractivity contribution >= 4 is 9.84 Å². The van der Waals surface area contributed by atoms with Crippen LogP contribution in [0.3, 0.4) is 0 Å². The lowest BCUT2D eigenvalue weighted by Crippen LogP contribution is -2.42. The van der Waals surface area contributed by atoms with Crippen LogP contribution in [0.25, 0.3) is 0 Å². The molecule has 0 saturated heterocycles. The number of hydrogen-bond acceptors (Lipinski definition) is 4. The maximum atomic E-state index is 11.8. The molecule has 4 nitrogen and oxygen atoms in total. The van der Waals surface area contributed by atoms with E-state index in [1.807, 2.05) is 25.1 Å². The van der Waals surface area contributed by atoms with E-state index in [1.165, 1.54) is 6.26 Å². The fraction of sp³-hybridized carbons (Fsp3) is 0.538. The van der Waals surface area contributed by atoms with Gasteiger partial charge in [0, 0.05) is 12.3 Å². The highest BCUT2D eigenvalue weighted by atomic mass is 32.2. The fourth-order valence-electron chi connectivity index (χ4n) is 1.60. The number of nitrogens with two attached hydrogens (primary N) is 1. The van der Waals surface area contributed by atoms with Gasteiger partial charge in [0.2, 0.25) is 0 Å². The van der Waals surface area contributed by atoms with Crippen LogP contribution in [-0.4, -0.2) is 26.0 Å². The lowest BCUT2D eigenvalue weighted by molar-refractivity contribution is 0.339. The molecule has 18 heavy (non-hydrogen) atoms. The topological polar surface area (TPSA) is 69.4 Å². The first-order valence-electron chi connectivity index (χ1n) is 5.88. The van der Waals surface area contributed by atoms with E-state index in [4.69, 9.17) is 10.5 Å². The van der Waals surface area contributed by atoms with E-state index < -0.39 is 20.6 Å². The van der Waals surface area contributed by atoms with Crippen LogP contribution >= 0.6 is 0 Å². The number of rotatable bonds is 5. The van der Waals surface area contributed by atoms with Gasteiger partial charge in [-0.15, -0.1) is 0 Å². The summed E-state index contributed by atoms with van der Waals surface area (Å²) in [5, 5.41) is 0. The Morgan fingerprint density at radius 3 is 2.50 bits per heavy atom. The van der Waals surface area contributed by atoms with E-state index >= 15 is 0 Å². The Kier molecular flexibility index (Phi) is 4.40. The Morgan fingerprint density at radius 1 is 1.39 bits per heavy atom. The molecular formula is C13H21NO3S. The summed E-state index contributed by atoms with van der Waals surface area (Å²) < 4.78 is 27.9. The quantitative estimate of drug-likeness (QED) is 0.888. The van der Waals surface area contributed by atoms with Crippen LogP contribution in [0.5, 0.6) is 5.75 Å². The molecule has 0 amide bonds. The molecule has 0 aliphatic rings. The predicted octanol–water partition coefficient (Wildman–Crippen LogP) is 1.91. The fourth-order valence-corrected chi connectivity index (χ4v) is 2.19. The van der Waals surface area contributed by atoms with Gasteiger partial charge < -0.3 is 10.5 Å². The molecule has 102 valence electrons. The first-order valence-corrected chi connectivity index (χ1v) is 7.77. The van der Waals surface area contributed by atoms with Gasteiger partial charge in [-0.05, 0) is 38.5 Å². The molecule has 1 rings (SSSR count). The van der Waals surface area contributed by atoms with Crippen molar-refractivity contribution in [3.05, 3.63) is 29.8 Å². The standard InChI is InChI=1S/C13H21NO3S/c1-5-17-11-8-6-7-10(9-11)12(14)13(2,3)18(4,15)16/h6-9,12H,5,14H2,1-4H3. The molecule has 0 saturated carbocycles. The second-order valence-corrected chi connectivity index (χ2v) is 7.46. The smallest absolute Gasteiger partial charge is 0.154 e. The van der Waals surface area contributed by atoms with Gasteiger partial charge in [0.05, 0.1) is 11.4 Å². The molecule has 0 bridgehead atoms. The summed E-state index contributed by atoms with van der Waals surface area (Å²) in [6.45, 7) is 5.74. The van der Waals surface area contributed by atoms with Gasteiger partial charge in [-0.2, -0.15) is 0 Å². The molecule has 0 heterocycles. The van der Waals surface area contributed by atoms with Crippen LogP contribution in [0.4, 0.5) is 0 Å². The monoisotopic (exact) mass is 271 g/mol. The molecule has 1 unspecified atom stereocenters. The minimum Gasteiger partial charge on any atom is -0.494 e. The van der Waals surface area contributed by atoms with Crippen molar-refractivity contribution in [2.45, 2.75) is 31.6 Å². The van der Waals surface area contributed by atoms with Crippen LogP contribution < -0.4 is 10.5 Å². The van der Waals surface area contributed by atoms with E-state index in [0.717, 1.165) is 5.56 Å². The normalized spacial score (nSPS) is 14.3. The van der Waals surface area contributed by atoms with Gasteiger partial charge in [0.25, 0.3) is 0 Å². The largest absolute Gasteiger partial charge is 0.494 e. The molecular weight excluding hydrogens is 250 g/mol. The van der Waals surface area contributed by atoms with E-state index in [2.05, 4.69) is 0 Å². The molecule has 0 radical (unpaired) electrons. The summed E-state index contributed by atoms with van der Waals surface area (Å²) in [5.41, 5.74) is 6.85. The average Bonchev–Trinajstić information content (AvgIpc) is 2.27. The third kappa shape index (κ3) is 3.03. The second kappa shape index (κ2) is 5.28. The van der Waals surface area contributed by atoms with Crippen LogP contribution in [0.15, 0.2) is 24.3 Å². The Balaban J connectivity index is 3.11. The molecule has 5 heteroatoms. The van der Waals surface area contributed by atoms with Gasteiger partial charge in [0.15, 0.2) is 9.84 Å². The first-order chi connectivity index (χ1) is 8.20. The number of hydrogen-bond donors (Lipinski definition) is 1. The zero-order valence-electron chi connectivity index (χ0n) is 11.3. The molecule has 0 aromatic heterocycles. The predicted molar refractivity (Wildman–Crippen MR) is 73.5 cm³/mol. The highest BCUT2D eigenvalue weighted by molar-refractivity contribution is 7.92. The third-order valence-corrected chi connectivity index (χ3v) is 5.40. The minimum atomic E-state index is -3.24. The third-order valence-electron chi connectivity index (χ3n) is 3.23. The molecule has 0 fully saturated rings. The number of benzene rings is 1. The first kappa shape index (κ1) is 15.0. The zero-order valence-corrected chi connectivity index (χ0v) is 12.1. The van der Waals surface area contributed by atoms with Crippen molar-refractivity contribution in [2.75, 3.05) is 12.9 Å². The van der Waals surface area contributed by atoms with E-state index in [9.17, 15) is 8.42 Å². The van der Waals surface area contributed by atoms with Crippen molar-refractivity contribution in [3.8, 4) is 5.75 Å². The molecule has 0 aliphatic heterocycles. The SMILES string of the molecule is CCOc1cccc(C(N)C(C)(C)S(C)(=O)=O)c1. The Bertz CT molecular complexity index is 509. The van der Waals surface area contributed by atoms with Crippen LogP contribution in [-0.2, 0) is 9.84 Å². The lowest BCUT2D eigenvalue weighted by Gasteiger charge is -2.30.